The summed E-state index contributed by atoms with van der Waals surface area (Å²) < 4.78 is 20.1. The van der Waals surface area contributed by atoms with Crippen LogP contribution < -0.4 is 15.0 Å². The Hall–Kier alpha value is -3.63. The maximum atomic E-state index is 12.7. The van der Waals surface area contributed by atoms with E-state index in [-0.39, 0.29) is 5.60 Å². The molecule has 2 N–H and O–H groups in total. The van der Waals surface area contributed by atoms with Gasteiger partial charge in [-0.3, -0.25) is 0 Å². The lowest BCUT2D eigenvalue weighted by Crippen LogP contribution is -2.45. The van der Waals surface area contributed by atoms with Crippen molar-refractivity contribution < 1.29 is 24.1 Å². The Morgan fingerprint density at radius 1 is 1.23 bits per heavy atom. The Morgan fingerprint density at radius 2 is 1.95 bits per heavy atom. The summed E-state index contributed by atoms with van der Waals surface area (Å²) in [5.41, 5.74) is 1.79. The molecule has 0 bridgehead atoms. The van der Waals surface area contributed by atoms with Crippen LogP contribution >= 0.6 is 0 Å². The average Bonchev–Trinajstić information content (AvgIpc) is 3.38. The number of fused-ring (bicyclic) bond motifs is 1. The number of anilines is 2. The van der Waals surface area contributed by atoms with Crippen LogP contribution in [0.3, 0.4) is 0 Å². The summed E-state index contributed by atoms with van der Waals surface area (Å²) in [6, 6.07) is 9.91. The van der Waals surface area contributed by atoms with E-state index in [1.807, 2.05) is 58.0 Å². The van der Waals surface area contributed by atoms with E-state index in [1.165, 1.54) is 0 Å². The zero-order valence-corrected chi connectivity index (χ0v) is 27.2. The van der Waals surface area contributed by atoms with E-state index in [1.54, 1.807) is 10.6 Å². The third kappa shape index (κ3) is 8.30. The van der Waals surface area contributed by atoms with Crippen LogP contribution in [0.2, 0.25) is 0 Å². The summed E-state index contributed by atoms with van der Waals surface area (Å²) in [5.74, 6) is 1.11. The van der Waals surface area contributed by atoms with Gasteiger partial charge >= 0.3 is 5.97 Å². The number of carboxylic acid groups (broad SMARTS) is 1. The van der Waals surface area contributed by atoms with Crippen molar-refractivity contribution in [3.63, 3.8) is 0 Å². The number of carboxylic acids is 1. The van der Waals surface area contributed by atoms with E-state index in [4.69, 9.17) is 24.3 Å². The Morgan fingerprint density at radius 3 is 2.61 bits per heavy atom. The number of hydrogen-bond acceptors (Lipinski definition) is 8. The number of nitrogens with zero attached hydrogens (tertiary/aromatic N) is 4. The SMILES string of the molecule is C=CCOC1(C)CCN(c2c(C(OC(C)(C)C)C(=O)O)c(C)nc3cc(NCc4ccccc4OCCCCC)nn23)CC1. The van der Waals surface area contributed by atoms with Gasteiger partial charge in [0.15, 0.2) is 17.6 Å². The highest BCUT2D eigenvalue weighted by atomic mass is 16.5. The molecule has 10 heteroatoms. The van der Waals surface area contributed by atoms with Crippen molar-refractivity contribution in [1.29, 1.82) is 0 Å². The second-order valence-corrected chi connectivity index (χ2v) is 12.7. The summed E-state index contributed by atoms with van der Waals surface area (Å²) in [5, 5.41) is 18.7. The first kappa shape index (κ1) is 33.3. The minimum Gasteiger partial charge on any atom is -0.493 e. The van der Waals surface area contributed by atoms with Gasteiger partial charge in [0.1, 0.15) is 11.6 Å². The van der Waals surface area contributed by atoms with Gasteiger partial charge in [-0.05, 0) is 59.9 Å². The van der Waals surface area contributed by atoms with E-state index in [9.17, 15) is 9.90 Å². The maximum absolute atomic E-state index is 12.7. The predicted molar refractivity (Wildman–Crippen MR) is 174 cm³/mol. The minimum atomic E-state index is -1.22. The molecule has 1 fully saturated rings. The topological polar surface area (TPSA) is 110 Å². The van der Waals surface area contributed by atoms with Crippen molar-refractivity contribution in [1.82, 2.24) is 14.6 Å². The third-order valence-corrected chi connectivity index (χ3v) is 7.87. The van der Waals surface area contributed by atoms with Crippen molar-refractivity contribution in [2.24, 2.45) is 0 Å². The molecule has 0 aliphatic carbocycles. The standard InChI is InChI=1S/C34H49N5O5/c1-8-10-13-21-42-26-15-12-11-14-25(26)23-35-27-22-28-36-24(3)29(30(32(40)41)44-33(4,5)6)31(39(28)37-27)38-18-16-34(7,17-19-38)43-20-9-2/h9,11-12,14-15,22,30H,2,8,10,13,16-21,23H2,1,3-7H3,(H,35,37)(H,40,41). The predicted octanol–water partition coefficient (Wildman–Crippen LogP) is 6.72. The molecule has 4 rings (SSSR count). The lowest BCUT2D eigenvalue weighted by Gasteiger charge is -2.41. The van der Waals surface area contributed by atoms with Crippen LogP contribution in [-0.4, -0.2) is 63.2 Å². The first-order valence-electron chi connectivity index (χ1n) is 15.7. The summed E-state index contributed by atoms with van der Waals surface area (Å²) in [6.45, 7) is 18.5. The Kier molecular flexibility index (Phi) is 10.9. The first-order chi connectivity index (χ1) is 20.9. The van der Waals surface area contributed by atoms with Gasteiger partial charge in [-0.2, -0.15) is 4.52 Å². The van der Waals surface area contributed by atoms with Crippen molar-refractivity contribution in [3.05, 3.63) is 59.8 Å². The van der Waals surface area contributed by atoms with Crippen LogP contribution in [0.4, 0.5) is 11.6 Å². The molecule has 1 aliphatic rings. The molecule has 0 spiro atoms. The number of aliphatic carboxylic acids is 1. The number of rotatable bonds is 15. The van der Waals surface area contributed by atoms with Crippen molar-refractivity contribution in [2.75, 3.05) is 36.5 Å². The fourth-order valence-corrected chi connectivity index (χ4v) is 5.51. The maximum Gasteiger partial charge on any atom is 0.337 e. The van der Waals surface area contributed by atoms with Gasteiger partial charge in [-0.15, -0.1) is 11.7 Å². The molecule has 1 saturated heterocycles. The molecule has 1 atom stereocenters. The second-order valence-electron chi connectivity index (χ2n) is 12.7. The molecule has 10 nitrogen and oxygen atoms in total. The Balaban J connectivity index is 1.69. The summed E-state index contributed by atoms with van der Waals surface area (Å²) in [4.78, 5) is 19.7. The molecule has 0 saturated carbocycles. The number of para-hydroxylation sites is 1. The second kappa shape index (κ2) is 14.4. The van der Waals surface area contributed by atoms with Crippen LogP contribution in [0, 0.1) is 6.92 Å². The molecule has 240 valence electrons. The highest BCUT2D eigenvalue weighted by Gasteiger charge is 2.37. The van der Waals surface area contributed by atoms with Gasteiger partial charge in [0.25, 0.3) is 0 Å². The minimum absolute atomic E-state index is 0.289. The summed E-state index contributed by atoms with van der Waals surface area (Å²) in [6.07, 6.45) is 5.39. The summed E-state index contributed by atoms with van der Waals surface area (Å²) in [7, 11) is 0. The number of ether oxygens (including phenoxy) is 3. The van der Waals surface area contributed by atoms with Gasteiger partial charge in [-0.1, -0.05) is 44.0 Å². The molecule has 3 aromatic rings. The molecule has 2 aromatic heterocycles. The zero-order valence-electron chi connectivity index (χ0n) is 27.2. The molecule has 3 heterocycles. The van der Waals surface area contributed by atoms with E-state index in [0.717, 1.165) is 43.4 Å². The fourth-order valence-electron chi connectivity index (χ4n) is 5.51. The van der Waals surface area contributed by atoms with E-state index >= 15 is 0 Å². The zero-order chi connectivity index (χ0) is 31.9. The largest absolute Gasteiger partial charge is 0.493 e. The van der Waals surface area contributed by atoms with Crippen LogP contribution in [-0.2, 0) is 20.8 Å². The normalized spacial score (nSPS) is 15.7. The van der Waals surface area contributed by atoms with Crippen molar-refractivity contribution in [3.8, 4) is 5.75 Å². The van der Waals surface area contributed by atoms with E-state index < -0.39 is 17.7 Å². The van der Waals surface area contributed by atoms with Gasteiger partial charge in [0.2, 0.25) is 0 Å². The van der Waals surface area contributed by atoms with Gasteiger partial charge in [0, 0.05) is 37.0 Å². The highest BCUT2D eigenvalue weighted by Crippen LogP contribution is 2.38. The van der Waals surface area contributed by atoms with Gasteiger partial charge in [0.05, 0.1) is 30.0 Å². The molecule has 44 heavy (non-hydrogen) atoms. The highest BCUT2D eigenvalue weighted by molar-refractivity contribution is 5.78. The monoisotopic (exact) mass is 607 g/mol. The van der Waals surface area contributed by atoms with E-state index in [2.05, 4.69) is 30.6 Å². The summed E-state index contributed by atoms with van der Waals surface area (Å²) >= 11 is 0. The number of hydrogen-bond donors (Lipinski definition) is 2. The molecule has 0 radical (unpaired) electrons. The van der Waals surface area contributed by atoms with Crippen molar-refractivity contribution >= 4 is 23.3 Å². The lowest BCUT2D eigenvalue weighted by molar-refractivity contribution is -0.160. The number of unbranched alkanes of at least 4 members (excludes halogenated alkanes) is 2. The van der Waals surface area contributed by atoms with Gasteiger partial charge in [-0.25, -0.2) is 9.78 Å². The van der Waals surface area contributed by atoms with Crippen molar-refractivity contribution in [2.45, 2.75) is 97.5 Å². The Labute approximate surface area is 261 Å². The van der Waals surface area contributed by atoms with E-state index in [0.29, 0.717) is 61.4 Å². The average molecular weight is 608 g/mol. The number of piperidine rings is 1. The number of aryl methyl sites for hydroxylation is 1. The number of benzene rings is 1. The smallest absolute Gasteiger partial charge is 0.337 e. The number of aromatic nitrogens is 3. The first-order valence-corrected chi connectivity index (χ1v) is 15.7. The van der Waals surface area contributed by atoms with Crippen LogP contribution in [0.25, 0.3) is 5.65 Å². The molecule has 0 amide bonds. The number of carbonyl (C=O) groups is 1. The van der Waals surface area contributed by atoms with Crippen LogP contribution in [0.5, 0.6) is 5.75 Å². The fraction of sp³-hybridized carbons (Fsp3) is 0.559. The quantitative estimate of drug-likeness (QED) is 0.144. The van der Waals surface area contributed by atoms with Crippen LogP contribution in [0.15, 0.2) is 43.0 Å². The third-order valence-electron chi connectivity index (χ3n) is 7.87. The Bertz CT molecular complexity index is 1420. The molecular formula is C34H49N5O5. The lowest BCUT2D eigenvalue weighted by atomic mass is 9.92. The number of nitrogens with one attached hydrogen (secondary N) is 1. The van der Waals surface area contributed by atoms with Gasteiger partial charge < -0.3 is 29.5 Å². The molecule has 1 aliphatic heterocycles. The molecule has 1 aromatic carbocycles. The molecule has 1 unspecified atom stereocenters. The van der Waals surface area contributed by atoms with Crippen LogP contribution in [0.1, 0.15) is 89.6 Å². The molecular weight excluding hydrogens is 558 g/mol.